The highest BCUT2D eigenvalue weighted by molar-refractivity contribution is 6.33. The van der Waals surface area contributed by atoms with Crippen LogP contribution >= 0.6 is 23.2 Å². The number of amides is 1. The van der Waals surface area contributed by atoms with Crippen molar-refractivity contribution >= 4 is 46.3 Å². The lowest BCUT2D eigenvalue weighted by molar-refractivity contribution is -0.126. The van der Waals surface area contributed by atoms with E-state index in [9.17, 15) is 9.59 Å². The molecule has 2 aromatic rings. The summed E-state index contributed by atoms with van der Waals surface area (Å²) < 4.78 is 21.4. The predicted octanol–water partition coefficient (Wildman–Crippen LogP) is 5.49. The van der Waals surface area contributed by atoms with Crippen molar-refractivity contribution < 1.29 is 28.5 Å². The van der Waals surface area contributed by atoms with Gasteiger partial charge in [0.05, 0.1) is 38.1 Å². The topological polar surface area (TPSA) is 108 Å². The minimum atomic E-state index is -1.40. The van der Waals surface area contributed by atoms with Crippen molar-refractivity contribution in [3.8, 4) is 23.0 Å². The number of rotatable bonds is 11. The van der Waals surface area contributed by atoms with Crippen molar-refractivity contribution in [3.63, 3.8) is 0 Å². The van der Waals surface area contributed by atoms with Crippen LogP contribution in [0.2, 0.25) is 10.0 Å². The van der Waals surface area contributed by atoms with E-state index >= 15 is 0 Å². The largest absolute Gasteiger partial charge is 0.495 e. The number of hydrogen-bond acceptors (Lipinski definition) is 8. The fourth-order valence-corrected chi connectivity index (χ4v) is 3.28. The molecule has 0 aliphatic rings. The van der Waals surface area contributed by atoms with Crippen LogP contribution in [0.4, 0.5) is 11.4 Å². The molecule has 33 heavy (non-hydrogen) atoms. The van der Waals surface area contributed by atoms with Crippen LogP contribution in [0.25, 0.3) is 0 Å². The third-order valence-electron chi connectivity index (χ3n) is 4.22. The van der Waals surface area contributed by atoms with E-state index in [0.717, 1.165) is 0 Å². The summed E-state index contributed by atoms with van der Waals surface area (Å²) in [7, 11) is 2.86. The number of ketones is 1. The molecule has 0 heterocycles. The first-order valence-corrected chi connectivity index (χ1v) is 10.7. The monoisotopic (exact) mass is 497 g/mol. The van der Waals surface area contributed by atoms with Gasteiger partial charge in [-0.25, -0.2) is 0 Å². The Kier molecular flexibility index (Phi) is 9.74. The minimum Gasteiger partial charge on any atom is -0.495 e. The molecule has 178 valence electrons. The molecule has 9 nitrogen and oxygen atoms in total. The Morgan fingerprint density at radius 2 is 1.58 bits per heavy atom. The number of anilines is 1. The summed E-state index contributed by atoms with van der Waals surface area (Å²) in [5.41, 5.74) is 0.600. The van der Waals surface area contributed by atoms with Crippen LogP contribution in [0.1, 0.15) is 20.8 Å². The number of benzene rings is 2. The summed E-state index contributed by atoms with van der Waals surface area (Å²) in [5.74, 6) is 0.141. The lowest BCUT2D eigenvalue weighted by atomic mass is 10.2. The van der Waals surface area contributed by atoms with Crippen LogP contribution in [-0.4, -0.2) is 45.2 Å². The van der Waals surface area contributed by atoms with E-state index in [0.29, 0.717) is 47.6 Å². The minimum absolute atomic E-state index is 0.248. The van der Waals surface area contributed by atoms with E-state index in [1.54, 1.807) is 6.07 Å². The molecule has 0 spiro atoms. The first kappa shape index (κ1) is 26.2. The maximum atomic E-state index is 12.8. The fourth-order valence-electron chi connectivity index (χ4n) is 2.75. The average molecular weight is 498 g/mol. The van der Waals surface area contributed by atoms with Crippen LogP contribution in [0.15, 0.2) is 34.5 Å². The molecule has 0 radical (unpaired) electrons. The molecule has 1 N–H and O–H groups in total. The summed E-state index contributed by atoms with van der Waals surface area (Å²) in [6.07, 6.45) is 0. The number of hydrogen-bond donors (Lipinski definition) is 1. The Hall–Kier alpha value is -3.04. The second-order valence-corrected chi connectivity index (χ2v) is 7.32. The molecule has 0 fully saturated rings. The van der Waals surface area contributed by atoms with Gasteiger partial charge in [0.1, 0.15) is 16.5 Å². The number of carbonyl (C=O) groups is 2. The van der Waals surface area contributed by atoms with Crippen molar-refractivity contribution in [3.05, 3.63) is 34.3 Å². The summed E-state index contributed by atoms with van der Waals surface area (Å²) in [6.45, 7) is 5.65. The quantitative estimate of drug-likeness (QED) is 0.324. The Bertz CT molecular complexity index is 1020. The van der Waals surface area contributed by atoms with E-state index in [4.69, 9.17) is 42.1 Å². The third-order valence-corrected chi connectivity index (χ3v) is 4.87. The van der Waals surface area contributed by atoms with Gasteiger partial charge in [0.25, 0.3) is 5.91 Å². The van der Waals surface area contributed by atoms with E-state index in [2.05, 4.69) is 15.5 Å². The van der Waals surface area contributed by atoms with Gasteiger partial charge in [-0.1, -0.05) is 23.2 Å². The molecule has 1 amide bonds. The molecule has 11 heteroatoms. The summed E-state index contributed by atoms with van der Waals surface area (Å²) >= 11 is 12.4. The van der Waals surface area contributed by atoms with Crippen LogP contribution in [-0.2, 0) is 9.59 Å². The van der Waals surface area contributed by atoms with Gasteiger partial charge < -0.3 is 24.3 Å². The Labute approximate surface area is 202 Å². The number of ether oxygens (including phenoxy) is 4. The van der Waals surface area contributed by atoms with Crippen molar-refractivity contribution in [2.75, 3.05) is 32.8 Å². The number of halogens is 2. The second-order valence-electron chi connectivity index (χ2n) is 6.53. The highest BCUT2D eigenvalue weighted by Crippen LogP contribution is 2.40. The summed E-state index contributed by atoms with van der Waals surface area (Å²) in [5, 5.41) is 11.1. The van der Waals surface area contributed by atoms with Crippen LogP contribution < -0.4 is 24.3 Å². The fraction of sp³-hybridized carbons (Fsp3) is 0.364. The first-order valence-electron chi connectivity index (χ1n) is 9.98. The molecule has 2 rings (SSSR count). The maximum Gasteiger partial charge on any atom is 0.258 e. The second kappa shape index (κ2) is 12.3. The lowest BCUT2D eigenvalue weighted by Crippen LogP contribution is -2.31. The van der Waals surface area contributed by atoms with Gasteiger partial charge in [0.15, 0.2) is 17.3 Å². The average Bonchev–Trinajstić information content (AvgIpc) is 2.77. The Morgan fingerprint density at radius 3 is 2.09 bits per heavy atom. The zero-order valence-corrected chi connectivity index (χ0v) is 20.4. The van der Waals surface area contributed by atoms with Crippen LogP contribution in [0.3, 0.4) is 0 Å². The van der Waals surface area contributed by atoms with E-state index in [-0.39, 0.29) is 10.0 Å². The number of nitrogens with zero attached hydrogens (tertiary/aromatic N) is 2. The predicted molar refractivity (Wildman–Crippen MR) is 126 cm³/mol. The summed E-state index contributed by atoms with van der Waals surface area (Å²) in [6, 6.07) is 4.66. The van der Waals surface area contributed by atoms with Crippen LogP contribution in [0.5, 0.6) is 23.0 Å². The molecule has 1 atom stereocenters. The Balaban J connectivity index is 2.31. The number of carbonyl (C=O) groups excluding carboxylic acids is 2. The van der Waals surface area contributed by atoms with Crippen molar-refractivity contribution in [2.24, 2.45) is 10.2 Å². The molecule has 0 saturated heterocycles. The molecule has 0 aliphatic carbocycles. The van der Waals surface area contributed by atoms with Crippen LogP contribution in [0, 0.1) is 0 Å². The third kappa shape index (κ3) is 6.72. The SMILES string of the molecule is CCOc1cc(N=NC(C(C)=O)C(=O)Nc2cc(OC)c(Cl)c(OC)c2)cc(Cl)c1OCC. The first-order chi connectivity index (χ1) is 15.7. The molecule has 1 unspecified atom stereocenters. The molecule has 2 aromatic carbocycles. The van der Waals surface area contributed by atoms with Crippen molar-refractivity contribution in [2.45, 2.75) is 26.8 Å². The van der Waals surface area contributed by atoms with Gasteiger partial charge >= 0.3 is 0 Å². The molecule has 0 aromatic heterocycles. The standard InChI is InChI=1S/C22H25Cl2N3O6/c1-6-32-18-11-14(8-15(23)21(18)33-7-2)26-27-20(12(3)28)22(29)25-13-9-16(30-4)19(24)17(10-13)31-5/h8-11,20H,6-7H2,1-5H3,(H,25,29). The van der Waals surface area contributed by atoms with Gasteiger partial charge in [0, 0.05) is 23.9 Å². The normalized spacial score (nSPS) is 11.7. The zero-order valence-electron chi connectivity index (χ0n) is 18.9. The highest BCUT2D eigenvalue weighted by Gasteiger charge is 2.24. The smallest absolute Gasteiger partial charge is 0.258 e. The molecular formula is C22H25Cl2N3O6. The lowest BCUT2D eigenvalue weighted by Gasteiger charge is -2.14. The molecule has 0 aliphatic heterocycles. The van der Waals surface area contributed by atoms with Crippen molar-refractivity contribution in [1.29, 1.82) is 0 Å². The van der Waals surface area contributed by atoms with E-state index in [1.807, 2.05) is 13.8 Å². The number of Topliss-reactive ketones (excluding diaryl/α,β-unsaturated/α-hetero) is 1. The van der Waals surface area contributed by atoms with Gasteiger partial charge in [-0.15, -0.1) is 0 Å². The highest BCUT2D eigenvalue weighted by atomic mass is 35.5. The molecule has 0 bridgehead atoms. The number of azo groups is 1. The zero-order chi connectivity index (χ0) is 24.5. The van der Waals surface area contributed by atoms with Gasteiger partial charge in [0.2, 0.25) is 6.04 Å². The van der Waals surface area contributed by atoms with Gasteiger partial charge in [-0.3, -0.25) is 9.59 Å². The molecule has 0 saturated carbocycles. The van der Waals surface area contributed by atoms with E-state index < -0.39 is 17.7 Å². The number of nitrogens with one attached hydrogen (secondary N) is 1. The van der Waals surface area contributed by atoms with Gasteiger partial charge in [-0.2, -0.15) is 10.2 Å². The van der Waals surface area contributed by atoms with Gasteiger partial charge in [-0.05, 0) is 26.8 Å². The van der Waals surface area contributed by atoms with E-state index in [1.165, 1.54) is 39.3 Å². The van der Waals surface area contributed by atoms with Crippen molar-refractivity contribution in [1.82, 2.24) is 0 Å². The number of methoxy groups -OCH3 is 2. The molecular weight excluding hydrogens is 473 g/mol. The Morgan fingerprint density at radius 1 is 0.970 bits per heavy atom. The summed E-state index contributed by atoms with van der Waals surface area (Å²) in [4.78, 5) is 24.9. The maximum absolute atomic E-state index is 12.8.